The molecular formula is C12H9BrN2O2S. The van der Waals surface area contributed by atoms with Crippen molar-refractivity contribution < 1.29 is 4.92 Å². The minimum absolute atomic E-state index is 0.0918. The molecule has 2 rings (SSSR count). The summed E-state index contributed by atoms with van der Waals surface area (Å²) in [7, 11) is 0. The molecule has 0 fully saturated rings. The van der Waals surface area contributed by atoms with Gasteiger partial charge in [0.1, 0.15) is 0 Å². The Bertz CT molecular complexity index is 563. The standard InChI is InChI=1S/C12H9BrN2O2S/c13-10-5-4-9(7-11(10)15(16)17)8-18-12-3-1-2-6-14-12/h1-7H,8H2. The number of nitrogens with zero attached hydrogens (tertiary/aromatic N) is 2. The molecule has 0 aliphatic carbocycles. The van der Waals surface area contributed by atoms with Gasteiger partial charge in [0.25, 0.3) is 5.69 Å². The minimum Gasteiger partial charge on any atom is -0.258 e. The highest BCUT2D eigenvalue weighted by atomic mass is 79.9. The van der Waals surface area contributed by atoms with Gasteiger partial charge in [-0.25, -0.2) is 4.98 Å². The lowest BCUT2D eigenvalue weighted by Crippen LogP contribution is -1.91. The predicted molar refractivity (Wildman–Crippen MR) is 74.6 cm³/mol. The monoisotopic (exact) mass is 324 g/mol. The molecule has 1 heterocycles. The van der Waals surface area contributed by atoms with Crippen LogP contribution >= 0.6 is 27.7 Å². The molecule has 0 N–H and O–H groups in total. The van der Waals surface area contributed by atoms with Crippen LogP contribution in [0.4, 0.5) is 5.69 Å². The van der Waals surface area contributed by atoms with Crippen molar-refractivity contribution in [1.29, 1.82) is 0 Å². The van der Waals surface area contributed by atoms with Gasteiger partial charge in [0.2, 0.25) is 0 Å². The van der Waals surface area contributed by atoms with Crippen LogP contribution in [-0.2, 0) is 5.75 Å². The van der Waals surface area contributed by atoms with Crippen molar-refractivity contribution in [3.05, 3.63) is 62.7 Å². The summed E-state index contributed by atoms with van der Waals surface area (Å²) in [6, 6.07) is 10.8. The Morgan fingerprint density at radius 1 is 1.33 bits per heavy atom. The lowest BCUT2D eigenvalue weighted by Gasteiger charge is -2.02. The number of aromatic nitrogens is 1. The van der Waals surface area contributed by atoms with Gasteiger partial charge in [-0.1, -0.05) is 12.1 Å². The quantitative estimate of drug-likeness (QED) is 0.483. The molecule has 0 spiro atoms. The number of halogens is 1. The summed E-state index contributed by atoms with van der Waals surface area (Å²) in [4.78, 5) is 14.6. The lowest BCUT2D eigenvalue weighted by molar-refractivity contribution is -0.385. The van der Waals surface area contributed by atoms with E-state index in [2.05, 4.69) is 20.9 Å². The largest absolute Gasteiger partial charge is 0.283 e. The van der Waals surface area contributed by atoms with Gasteiger partial charge in [-0.3, -0.25) is 10.1 Å². The van der Waals surface area contributed by atoms with Crippen molar-refractivity contribution >= 4 is 33.4 Å². The topological polar surface area (TPSA) is 56.0 Å². The van der Waals surface area contributed by atoms with E-state index in [-0.39, 0.29) is 10.6 Å². The molecular weight excluding hydrogens is 316 g/mol. The fourth-order valence-corrected chi connectivity index (χ4v) is 2.57. The van der Waals surface area contributed by atoms with Crippen LogP contribution < -0.4 is 0 Å². The molecule has 6 heteroatoms. The van der Waals surface area contributed by atoms with Crippen molar-refractivity contribution in [1.82, 2.24) is 4.98 Å². The Morgan fingerprint density at radius 3 is 2.83 bits per heavy atom. The molecule has 2 aromatic rings. The first kappa shape index (κ1) is 13.0. The molecule has 0 saturated heterocycles. The number of hydrogen-bond acceptors (Lipinski definition) is 4. The minimum atomic E-state index is -0.390. The number of pyridine rings is 1. The first-order valence-electron chi connectivity index (χ1n) is 5.13. The highest BCUT2D eigenvalue weighted by Crippen LogP contribution is 2.28. The zero-order valence-corrected chi connectivity index (χ0v) is 11.6. The molecule has 0 bridgehead atoms. The van der Waals surface area contributed by atoms with Crippen LogP contribution in [-0.4, -0.2) is 9.91 Å². The van der Waals surface area contributed by atoms with Gasteiger partial charge in [0.15, 0.2) is 0 Å². The Labute approximate surface area is 117 Å². The third-order valence-electron chi connectivity index (χ3n) is 2.23. The van der Waals surface area contributed by atoms with Crippen LogP contribution in [0.25, 0.3) is 0 Å². The smallest absolute Gasteiger partial charge is 0.258 e. The molecule has 0 amide bonds. The van der Waals surface area contributed by atoms with E-state index < -0.39 is 0 Å². The SMILES string of the molecule is O=[N+]([O-])c1cc(CSc2ccccn2)ccc1Br. The van der Waals surface area contributed by atoms with Gasteiger partial charge >= 0.3 is 0 Å². The second-order valence-electron chi connectivity index (χ2n) is 3.50. The van der Waals surface area contributed by atoms with E-state index in [0.29, 0.717) is 10.2 Å². The summed E-state index contributed by atoms with van der Waals surface area (Å²) >= 11 is 4.72. The fourth-order valence-electron chi connectivity index (χ4n) is 1.38. The van der Waals surface area contributed by atoms with E-state index in [4.69, 9.17) is 0 Å². The number of benzene rings is 1. The lowest BCUT2D eigenvalue weighted by atomic mass is 10.2. The van der Waals surface area contributed by atoms with E-state index in [0.717, 1.165) is 10.6 Å². The molecule has 0 aliphatic rings. The molecule has 0 atom stereocenters. The Hall–Kier alpha value is -1.40. The molecule has 1 aromatic heterocycles. The molecule has 4 nitrogen and oxygen atoms in total. The molecule has 18 heavy (non-hydrogen) atoms. The maximum atomic E-state index is 10.8. The highest BCUT2D eigenvalue weighted by molar-refractivity contribution is 9.10. The summed E-state index contributed by atoms with van der Waals surface area (Å²) in [5.74, 6) is 0.658. The van der Waals surface area contributed by atoms with Crippen LogP contribution in [0, 0.1) is 10.1 Å². The summed E-state index contributed by atoms with van der Waals surface area (Å²) in [5, 5.41) is 11.7. The highest BCUT2D eigenvalue weighted by Gasteiger charge is 2.12. The average Bonchev–Trinajstić information content (AvgIpc) is 2.38. The number of hydrogen-bond donors (Lipinski definition) is 0. The first-order valence-corrected chi connectivity index (χ1v) is 6.91. The maximum absolute atomic E-state index is 10.8. The Morgan fingerprint density at radius 2 is 2.17 bits per heavy atom. The number of nitro benzene ring substituents is 1. The second kappa shape index (κ2) is 5.97. The van der Waals surface area contributed by atoms with Gasteiger partial charge < -0.3 is 0 Å². The van der Waals surface area contributed by atoms with Crippen molar-refractivity contribution in [2.24, 2.45) is 0 Å². The van der Waals surface area contributed by atoms with Crippen LogP contribution in [0.15, 0.2) is 52.1 Å². The van der Waals surface area contributed by atoms with Crippen molar-refractivity contribution in [3.63, 3.8) is 0 Å². The number of thioether (sulfide) groups is 1. The summed E-state index contributed by atoms with van der Waals surface area (Å²) in [5.41, 5.74) is 0.995. The number of rotatable bonds is 4. The van der Waals surface area contributed by atoms with Gasteiger partial charge in [-0.2, -0.15) is 0 Å². The van der Waals surface area contributed by atoms with E-state index >= 15 is 0 Å². The third kappa shape index (κ3) is 3.30. The van der Waals surface area contributed by atoms with Crippen LogP contribution in [0.5, 0.6) is 0 Å². The summed E-state index contributed by atoms with van der Waals surface area (Å²) < 4.78 is 0.499. The first-order chi connectivity index (χ1) is 8.66. The van der Waals surface area contributed by atoms with Crippen molar-refractivity contribution in [2.75, 3.05) is 0 Å². The van der Waals surface area contributed by atoms with Gasteiger partial charge in [0, 0.05) is 18.0 Å². The van der Waals surface area contributed by atoms with Crippen molar-refractivity contribution in [3.8, 4) is 0 Å². The second-order valence-corrected chi connectivity index (χ2v) is 5.35. The molecule has 92 valence electrons. The van der Waals surface area contributed by atoms with Crippen LogP contribution in [0.2, 0.25) is 0 Å². The van der Waals surface area contributed by atoms with Crippen LogP contribution in [0.1, 0.15) is 5.56 Å². The zero-order chi connectivity index (χ0) is 13.0. The molecule has 0 aliphatic heterocycles. The third-order valence-corrected chi connectivity index (χ3v) is 3.92. The zero-order valence-electron chi connectivity index (χ0n) is 9.25. The normalized spacial score (nSPS) is 10.3. The Kier molecular flexibility index (Phi) is 4.33. The maximum Gasteiger partial charge on any atom is 0.283 e. The van der Waals surface area contributed by atoms with Gasteiger partial charge in [-0.05, 0) is 39.7 Å². The van der Waals surface area contributed by atoms with E-state index in [1.807, 2.05) is 24.3 Å². The van der Waals surface area contributed by atoms with Gasteiger partial charge in [-0.15, -0.1) is 11.8 Å². The molecule has 0 radical (unpaired) electrons. The molecule has 0 unspecified atom stereocenters. The molecule has 0 saturated carbocycles. The fraction of sp³-hybridized carbons (Fsp3) is 0.0833. The van der Waals surface area contributed by atoms with Crippen LogP contribution in [0.3, 0.4) is 0 Å². The van der Waals surface area contributed by atoms with E-state index in [1.54, 1.807) is 30.1 Å². The Balaban J connectivity index is 2.11. The van der Waals surface area contributed by atoms with E-state index in [1.165, 1.54) is 0 Å². The van der Waals surface area contributed by atoms with Crippen molar-refractivity contribution in [2.45, 2.75) is 10.8 Å². The average molecular weight is 325 g/mol. The predicted octanol–water partition coefficient (Wildman–Crippen LogP) is 4.04. The van der Waals surface area contributed by atoms with Gasteiger partial charge in [0.05, 0.1) is 14.4 Å². The number of nitro groups is 1. The summed E-state index contributed by atoms with van der Waals surface area (Å²) in [6.45, 7) is 0. The summed E-state index contributed by atoms with van der Waals surface area (Å²) in [6.07, 6.45) is 1.73. The van der Waals surface area contributed by atoms with E-state index in [9.17, 15) is 10.1 Å². The molecule has 1 aromatic carbocycles.